The largest absolute Gasteiger partial charge is 0.489 e. The van der Waals surface area contributed by atoms with E-state index in [4.69, 9.17) is 9.84 Å². The van der Waals surface area contributed by atoms with Crippen LogP contribution in [-0.2, 0) is 11.2 Å². The second kappa shape index (κ2) is 9.53. The Hall–Kier alpha value is -2.63. The molecule has 1 atom stereocenters. The van der Waals surface area contributed by atoms with E-state index >= 15 is 0 Å². The van der Waals surface area contributed by atoms with Gasteiger partial charge in [0.2, 0.25) is 0 Å². The van der Waals surface area contributed by atoms with Crippen LogP contribution in [0.1, 0.15) is 37.7 Å². The number of carboxylic acids is 1. The lowest BCUT2D eigenvalue weighted by Crippen LogP contribution is -2.41. The van der Waals surface area contributed by atoms with E-state index in [1.807, 2.05) is 35.2 Å². The molecular weight excluding hydrogens is 364 g/mol. The van der Waals surface area contributed by atoms with Crippen molar-refractivity contribution in [1.29, 1.82) is 0 Å². The van der Waals surface area contributed by atoms with E-state index in [-0.39, 0.29) is 24.5 Å². The highest BCUT2D eigenvalue weighted by atomic mass is 19.1. The van der Waals surface area contributed by atoms with Crippen molar-refractivity contribution in [3.63, 3.8) is 0 Å². The van der Waals surface area contributed by atoms with Crippen LogP contribution in [0, 0.1) is 11.6 Å². The summed E-state index contributed by atoms with van der Waals surface area (Å²) in [5, 5.41) is 8.65. The van der Waals surface area contributed by atoms with Crippen LogP contribution in [-0.4, -0.2) is 30.3 Å². The van der Waals surface area contributed by atoms with Crippen LogP contribution in [0.4, 0.5) is 14.5 Å². The predicted octanol–water partition coefficient (Wildman–Crippen LogP) is 4.81. The van der Waals surface area contributed by atoms with E-state index < -0.39 is 17.6 Å². The van der Waals surface area contributed by atoms with Gasteiger partial charge < -0.3 is 14.7 Å². The number of benzene rings is 2. The lowest BCUT2D eigenvalue weighted by Gasteiger charge is -2.34. The molecule has 6 heteroatoms. The fourth-order valence-electron chi connectivity index (χ4n) is 3.55. The second-order valence-corrected chi connectivity index (χ2v) is 7.13. The first-order valence-corrected chi connectivity index (χ1v) is 9.69. The molecule has 4 nitrogen and oxygen atoms in total. The van der Waals surface area contributed by atoms with E-state index in [0.717, 1.165) is 25.1 Å². The van der Waals surface area contributed by atoms with E-state index in [2.05, 4.69) is 0 Å². The van der Waals surface area contributed by atoms with Crippen LogP contribution < -0.4 is 9.64 Å². The monoisotopic (exact) mass is 389 g/mol. The van der Waals surface area contributed by atoms with Gasteiger partial charge in [-0.15, -0.1) is 0 Å². The van der Waals surface area contributed by atoms with Crippen LogP contribution >= 0.6 is 0 Å². The summed E-state index contributed by atoms with van der Waals surface area (Å²) in [7, 11) is 0. The topological polar surface area (TPSA) is 49.8 Å². The van der Waals surface area contributed by atoms with Crippen LogP contribution in [0.5, 0.6) is 5.75 Å². The molecule has 0 aliphatic carbocycles. The molecule has 1 aliphatic heterocycles. The highest BCUT2D eigenvalue weighted by molar-refractivity contribution is 5.66. The van der Waals surface area contributed by atoms with Crippen molar-refractivity contribution in [3.05, 3.63) is 59.7 Å². The third-order valence-corrected chi connectivity index (χ3v) is 4.98. The first-order chi connectivity index (χ1) is 13.5. The highest BCUT2D eigenvalue weighted by Crippen LogP contribution is 2.27. The number of unbranched alkanes of at least 4 members (excludes halogenated alkanes) is 1. The fraction of sp³-hybridized carbons (Fsp3) is 0.409. The van der Waals surface area contributed by atoms with Crippen LogP contribution in [0.3, 0.4) is 0 Å². The van der Waals surface area contributed by atoms with Crippen molar-refractivity contribution >= 4 is 11.7 Å². The fourth-order valence-corrected chi connectivity index (χ4v) is 3.55. The van der Waals surface area contributed by atoms with Gasteiger partial charge in [0.1, 0.15) is 23.5 Å². The van der Waals surface area contributed by atoms with Gasteiger partial charge in [-0.1, -0.05) is 18.2 Å². The number of carbonyl (C=O) groups is 1. The number of rotatable bonds is 8. The number of carboxylic acid groups (broad SMARTS) is 1. The molecule has 2 aromatic rings. The zero-order chi connectivity index (χ0) is 19.9. The highest BCUT2D eigenvalue weighted by Gasteiger charge is 2.23. The summed E-state index contributed by atoms with van der Waals surface area (Å²) >= 11 is 0. The van der Waals surface area contributed by atoms with Gasteiger partial charge in [-0.3, -0.25) is 4.79 Å². The molecule has 1 heterocycles. The van der Waals surface area contributed by atoms with Crippen molar-refractivity contribution in [3.8, 4) is 5.75 Å². The Morgan fingerprint density at radius 3 is 2.54 bits per heavy atom. The number of ether oxygens (including phenoxy) is 1. The molecule has 0 radical (unpaired) electrons. The summed E-state index contributed by atoms with van der Waals surface area (Å²) in [4.78, 5) is 12.5. The number of anilines is 1. The molecular formula is C22H25F2NO3. The number of hydrogen-bond donors (Lipinski definition) is 1. The molecule has 1 saturated heterocycles. The van der Waals surface area contributed by atoms with E-state index in [1.165, 1.54) is 12.1 Å². The number of piperidine rings is 1. The van der Waals surface area contributed by atoms with E-state index in [9.17, 15) is 13.6 Å². The average molecular weight is 389 g/mol. The Balaban J connectivity index is 1.63. The molecule has 28 heavy (non-hydrogen) atoms. The second-order valence-electron chi connectivity index (χ2n) is 7.13. The maximum Gasteiger partial charge on any atom is 0.303 e. The van der Waals surface area contributed by atoms with Gasteiger partial charge in [0.05, 0.1) is 6.54 Å². The lowest BCUT2D eigenvalue weighted by atomic mass is 10.0. The number of nitrogens with zero attached hydrogens (tertiary/aromatic N) is 1. The quantitative estimate of drug-likeness (QED) is 0.659. The maximum atomic E-state index is 14.5. The van der Waals surface area contributed by atoms with Gasteiger partial charge in [-0.05, 0) is 56.4 Å². The number of hydrogen-bond acceptors (Lipinski definition) is 3. The first kappa shape index (κ1) is 20.1. The van der Waals surface area contributed by atoms with E-state index in [0.29, 0.717) is 25.1 Å². The Kier molecular flexibility index (Phi) is 6.85. The average Bonchev–Trinajstić information content (AvgIpc) is 2.67. The van der Waals surface area contributed by atoms with Gasteiger partial charge in [0.25, 0.3) is 0 Å². The Morgan fingerprint density at radius 2 is 1.86 bits per heavy atom. The van der Waals surface area contributed by atoms with Crippen LogP contribution in [0.25, 0.3) is 0 Å². The Labute approximate surface area is 163 Å². The SMILES string of the molecule is O=C(O)CCCCc1c(F)cc(N2CCC[C@H](Oc3ccccc3)C2)cc1F. The van der Waals surface area contributed by atoms with Gasteiger partial charge in [0, 0.05) is 24.2 Å². The molecule has 1 fully saturated rings. The van der Waals surface area contributed by atoms with Gasteiger partial charge >= 0.3 is 5.97 Å². The van der Waals surface area contributed by atoms with E-state index in [1.54, 1.807) is 0 Å². The standard InChI is InChI=1S/C22H25F2NO3/c23-20-13-16(14-21(24)19(20)10-4-5-11-22(26)27)25-12-6-9-18(15-25)28-17-7-2-1-3-8-17/h1-3,7-8,13-14,18H,4-6,9-12,15H2,(H,26,27)/t18-/m0/s1. The van der Waals surface area contributed by atoms with Gasteiger partial charge in [-0.2, -0.15) is 0 Å². The maximum absolute atomic E-state index is 14.5. The van der Waals surface area contributed by atoms with Gasteiger partial charge in [-0.25, -0.2) is 8.78 Å². The Morgan fingerprint density at radius 1 is 1.14 bits per heavy atom. The molecule has 3 rings (SSSR count). The minimum absolute atomic E-state index is 0.0118. The summed E-state index contributed by atoms with van der Waals surface area (Å²) in [5.74, 6) is -1.25. The molecule has 0 aromatic heterocycles. The zero-order valence-corrected chi connectivity index (χ0v) is 15.7. The summed E-state index contributed by atoms with van der Waals surface area (Å²) in [6.07, 6.45) is 2.81. The number of aliphatic carboxylic acids is 1. The summed E-state index contributed by atoms with van der Waals surface area (Å²) in [5.41, 5.74) is 0.550. The summed E-state index contributed by atoms with van der Waals surface area (Å²) in [6, 6.07) is 12.3. The normalized spacial score (nSPS) is 16.8. The zero-order valence-electron chi connectivity index (χ0n) is 15.7. The summed E-state index contributed by atoms with van der Waals surface area (Å²) in [6.45, 7) is 1.30. The minimum atomic E-state index is -0.895. The van der Waals surface area contributed by atoms with Gasteiger partial charge in [0.15, 0.2) is 0 Å². The first-order valence-electron chi connectivity index (χ1n) is 9.69. The molecule has 1 N–H and O–H groups in total. The third kappa shape index (κ3) is 5.44. The predicted molar refractivity (Wildman–Crippen MR) is 104 cm³/mol. The molecule has 0 amide bonds. The number of para-hydroxylation sites is 1. The molecule has 1 aliphatic rings. The summed E-state index contributed by atoms with van der Waals surface area (Å²) < 4.78 is 35.0. The van der Waals surface area contributed by atoms with Crippen LogP contribution in [0.15, 0.2) is 42.5 Å². The van der Waals surface area contributed by atoms with Crippen molar-refractivity contribution in [1.82, 2.24) is 0 Å². The lowest BCUT2D eigenvalue weighted by molar-refractivity contribution is -0.137. The Bertz CT molecular complexity index is 775. The van der Waals surface area contributed by atoms with Crippen molar-refractivity contribution in [2.75, 3.05) is 18.0 Å². The molecule has 0 spiro atoms. The van der Waals surface area contributed by atoms with Crippen molar-refractivity contribution < 1.29 is 23.4 Å². The number of halogens is 2. The molecule has 0 unspecified atom stereocenters. The molecule has 2 aromatic carbocycles. The third-order valence-electron chi connectivity index (χ3n) is 4.98. The molecule has 150 valence electrons. The molecule has 0 saturated carbocycles. The molecule has 0 bridgehead atoms. The van der Waals surface area contributed by atoms with Crippen molar-refractivity contribution in [2.24, 2.45) is 0 Å². The smallest absolute Gasteiger partial charge is 0.303 e. The van der Waals surface area contributed by atoms with Crippen LogP contribution in [0.2, 0.25) is 0 Å². The minimum Gasteiger partial charge on any atom is -0.489 e. The van der Waals surface area contributed by atoms with Crippen molar-refractivity contribution in [2.45, 2.75) is 44.6 Å².